The Kier molecular flexibility index (Phi) is 27.0. The Balaban J connectivity index is 1.18. The van der Waals surface area contributed by atoms with Crippen LogP contribution in [0.3, 0.4) is 0 Å². The second-order valence-electron chi connectivity index (χ2n) is 29.8. The molecule has 7 fully saturated rings. The van der Waals surface area contributed by atoms with Gasteiger partial charge in [-0.1, -0.05) is 96.7 Å². The van der Waals surface area contributed by atoms with E-state index in [0.717, 1.165) is 55.6 Å². The number of alkyl halides is 3. The maximum atomic E-state index is 15.6. The average Bonchev–Trinajstić information content (AvgIpc) is 1.52. The van der Waals surface area contributed by atoms with Gasteiger partial charge in [0, 0.05) is 68.0 Å². The molecule has 10 atom stereocenters. The summed E-state index contributed by atoms with van der Waals surface area (Å²) in [6, 6.07) is -7.71. The lowest BCUT2D eigenvalue weighted by atomic mass is 9.83. The molecule has 24 nitrogen and oxygen atoms in total. The van der Waals surface area contributed by atoms with Gasteiger partial charge in [0.1, 0.15) is 59.9 Å². The summed E-state index contributed by atoms with van der Waals surface area (Å²) in [4.78, 5) is 192. The number of hydrogen-bond acceptors (Lipinski definition) is 12. The monoisotopic (exact) mass is 1420 g/mol. The maximum Gasteiger partial charge on any atom is 0.417 e. The summed E-state index contributed by atoms with van der Waals surface area (Å²) in [6.07, 6.45) is 5.48. The van der Waals surface area contributed by atoms with Crippen LogP contribution in [0.15, 0.2) is 18.2 Å². The number of halogens is 4. The normalized spacial score (nSPS) is 28.5. The van der Waals surface area contributed by atoms with Gasteiger partial charge in [0.05, 0.1) is 23.6 Å². The lowest BCUT2D eigenvalue weighted by Crippen LogP contribution is -2.65. The number of amides is 12. The SMILES string of the molecule is CC[C@H](C)[C@@H]1NC(=O)[C@H](C)N(C)C(=O)C[C@@H](C(=O)N2CCCCC2)N(C)C(=O)[C@H](C(C)C)N(C)C(=O)C2(CCCC2)NC(=O)[C@@H]2CCCN2C(=O)[C@H](CCc2ccc(C(F)(F)F)c(Cl)c2)NC(=O)[C@H]2CCCCN2C(=O)[C@H](CC2CCCCC2)N(C)C(=O)[C@@H]2CCCN2C(=O)CN(C)C1=O. The summed E-state index contributed by atoms with van der Waals surface area (Å²) in [5.74, 6) is -8.42. The zero-order valence-corrected chi connectivity index (χ0v) is 61.1. The molecule has 100 heavy (non-hydrogen) atoms. The second kappa shape index (κ2) is 34.3. The number of fused-ring (bicyclic) bond motifs is 3. The third-order valence-corrected chi connectivity index (χ3v) is 23.0. The molecule has 3 N–H and O–H groups in total. The largest absolute Gasteiger partial charge is 0.417 e. The quantitative estimate of drug-likeness (QED) is 0.260. The predicted octanol–water partition coefficient (Wildman–Crippen LogP) is 5.93. The topological polar surface area (TPSA) is 270 Å². The van der Waals surface area contributed by atoms with E-state index in [1.807, 2.05) is 6.92 Å². The van der Waals surface area contributed by atoms with Gasteiger partial charge in [0.25, 0.3) is 0 Å². The predicted molar refractivity (Wildman–Crippen MR) is 367 cm³/mol. The Morgan fingerprint density at radius 2 is 1.19 bits per heavy atom. The highest BCUT2D eigenvalue weighted by Crippen LogP contribution is 2.38. The van der Waals surface area contributed by atoms with Crippen LogP contribution in [-0.2, 0) is 70.1 Å². The molecule has 1 spiro atoms. The van der Waals surface area contributed by atoms with Crippen molar-refractivity contribution >= 4 is 82.5 Å². The number of carbonyl (C=O) groups is 12. The van der Waals surface area contributed by atoms with E-state index in [0.29, 0.717) is 76.4 Å². The molecule has 0 unspecified atom stereocenters. The average molecular weight is 1430 g/mol. The second-order valence-corrected chi connectivity index (χ2v) is 30.2. The Morgan fingerprint density at radius 3 is 1.82 bits per heavy atom. The highest BCUT2D eigenvalue weighted by Gasteiger charge is 2.51. The number of rotatable bonds is 9. The summed E-state index contributed by atoms with van der Waals surface area (Å²) >= 11 is 6.21. The van der Waals surface area contributed by atoms with Crippen molar-refractivity contribution in [2.24, 2.45) is 17.8 Å². The fourth-order valence-electron chi connectivity index (χ4n) is 16.2. The first-order valence-electron chi connectivity index (χ1n) is 36.6. The molecule has 5 saturated heterocycles. The molecule has 7 aliphatic rings. The Labute approximate surface area is 592 Å². The van der Waals surface area contributed by atoms with E-state index in [1.165, 1.54) is 82.5 Å². The summed E-state index contributed by atoms with van der Waals surface area (Å²) in [5.41, 5.74) is -2.32. The molecule has 0 aromatic heterocycles. The molecule has 5 aliphatic heterocycles. The van der Waals surface area contributed by atoms with E-state index in [1.54, 1.807) is 25.7 Å². The minimum absolute atomic E-state index is 0.0362. The van der Waals surface area contributed by atoms with Crippen molar-refractivity contribution in [2.45, 2.75) is 255 Å². The first-order chi connectivity index (χ1) is 47.3. The molecular formula is C72H108ClF3N12O12. The minimum atomic E-state index is -4.76. The highest BCUT2D eigenvalue weighted by molar-refractivity contribution is 6.31. The van der Waals surface area contributed by atoms with Gasteiger partial charge in [0.15, 0.2) is 0 Å². The fraction of sp³-hybridized carbons (Fsp3) is 0.750. The van der Waals surface area contributed by atoms with Gasteiger partial charge in [-0.3, -0.25) is 57.5 Å². The number of carbonyl (C=O) groups excluding carboxylic acids is 12. The lowest BCUT2D eigenvalue weighted by Gasteiger charge is -2.42. The first-order valence-corrected chi connectivity index (χ1v) is 37.0. The summed E-state index contributed by atoms with van der Waals surface area (Å²) < 4.78 is 41.9. The summed E-state index contributed by atoms with van der Waals surface area (Å²) in [6.45, 7) is 9.13. The fourth-order valence-corrected chi connectivity index (χ4v) is 16.5. The van der Waals surface area contributed by atoms with Gasteiger partial charge < -0.3 is 60.0 Å². The van der Waals surface area contributed by atoms with Gasteiger partial charge in [0.2, 0.25) is 70.9 Å². The van der Waals surface area contributed by atoms with E-state index in [-0.39, 0.29) is 76.9 Å². The molecule has 8 rings (SSSR count). The van der Waals surface area contributed by atoms with Gasteiger partial charge in [-0.25, -0.2) is 0 Å². The van der Waals surface area contributed by atoms with Crippen molar-refractivity contribution in [1.29, 1.82) is 0 Å². The molecule has 1 aromatic carbocycles. The maximum absolute atomic E-state index is 15.6. The molecule has 2 saturated carbocycles. The number of likely N-dealkylation sites (N-methyl/N-ethyl adjacent to an activating group) is 5. The number of nitrogens with zero attached hydrogens (tertiary/aromatic N) is 9. The smallest absolute Gasteiger partial charge is 0.342 e. The lowest BCUT2D eigenvalue weighted by molar-refractivity contribution is -0.156. The van der Waals surface area contributed by atoms with Crippen molar-refractivity contribution in [3.8, 4) is 0 Å². The van der Waals surface area contributed by atoms with Crippen LogP contribution < -0.4 is 16.0 Å². The number of piperidine rings is 2. The van der Waals surface area contributed by atoms with E-state index in [9.17, 15) is 37.1 Å². The number of aryl methyl sites for hydroxylation is 1. The first kappa shape index (κ1) is 78.7. The number of hydrogen-bond donors (Lipinski definition) is 3. The number of nitrogens with one attached hydrogen (secondary N) is 3. The van der Waals surface area contributed by atoms with E-state index in [2.05, 4.69) is 16.0 Å². The van der Waals surface area contributed by atoms with Crippen molar-refractivity contribution < 1.29 is 70.7 Å². The van der Waals surface area contributed by atoms with Gasteiger partial charge in [-0.15, -0.1) is 0 Å². The third kappa shape index (κ3) is 18.0. The molecular weight excluding hydrogens is 1320 g/mol. The Hall–Kier alpha value is -7.06. The van der Waals surface area contributed by atoms with Crippen LogP contribution >= 0.6 is 11.6 Å². The highest BCUT2D eigenvalue weighted by atomic mass is 35.5. The van der Waals surface area contributed by atoms with Crippen LogP contribution in [0, 0.1) is 17.8 Å². The van der Waals surface area contributed by atoms with Gasteiger partial charge >= 0.3 is 6.18 Å². The molecule has 12 amide bonds. The van der Waals surface area contributed by atoms with Crippen molar-refractivity contribution in [2.75, 3.05) is 74.5 Å². The van der Waals surface area contributed by atoms with E-state index in [4.69, 9.17) is 11.6 Å². The van der Waals surface area contributed by atoms with Crippen LogP contribution in [0.2, 0.25) is 5.02 Å². The van der Waals surface area contributed by atoms with E-state index < -0.39 is 172 Å². The molecule has 28 heteroatoms. The molecule has 556 valence electrons. The van der Waals surface area contributed by atoms with Crippen LogP contribution in [0.4, 0.5) is 13.2 Å². The van der Waals surface area contributed by atoms with Crippen molar-refractivity contribution in [3.05, 3.63) is 34.3 Å². The zero-order chi connectivity index (χ0) is 73.2. The van der Waals surface area contributed by atoms with Crippen LogP contribution in [0.25, 0.3) is 0 Å². The van der Waals surface area contributed by atoms with Crippen LogP contribution in [0.5, 0.6) is 0 Å². The zero-order valence-electron chi connectivity index (χ0n) is 60.3. The standard InChI is InChI=1S/C72H108ClF3N12O12/c1-11-45(4)59-68(98)80(6)43-58(90)86-38-23-28-54(86)65(95)82(8)55(41-47-24-14-12-15-25-47)67(97)88-37-21-16-26-52(88)62(92)77-51(32-30-48-29-31-49(50(73)40-48)72(74,75)76)64(94)87-39-22-27-53(87)63(93)79-71(33-17-18-34-71)70(100)84(10)60(44(2)3)69(99)83(9)56(66(96)85-35-19-13-20-36-85)42-57(89)81(7)46(5)61(91)78-59/h29,31,40,44-47,51-56,59-60H,11-28,30,32-39,41-43H2,1-10H3,(H,77,92)(H,78,91)(H,79,93)/t45-,46-,51-,52+,53-,54-,55-,56-,59-,60-/m0/s1. The number of benzene rings is 1. The molecule has 1 aromatic rings. The van der Waals surface area contributed by atoms with Gasteiger partial charge in [-0.05, 0) is 139 Å². The van der Waals surface area contributed by atoms with E-state index >= 15 is 33.6 Å². The molecule has 2 aliphatic carbocycles. The Morgan fingerprint density at radius 1 is 0.610 bits per heavy atom. The molecule has 0 bridgehead atoms. The summed E-state index contributed by atoms with van der Waals surface area (Å²) in [5, 5.41) is 8.26. The van der Waals surface area contributed by atoms with Crippen LogP contribution in [0.1, 0.15) is 193 Å². The van der Waals surface area contributed by atoms with Crippen LogP contribution in [-0.4, -0.2) is 249 Å². The van der Waals surface area contributed by atoms with Crippen molar-refractivity contribution in [3.63, 3.8) is 0 Å². The molecule has 0 radical (unpaired) electrons. The summed E-state index contributed by atoms with van der Waals surface area (Å²) in [7, 11) is 7.20. The van der Waals surface area contributed by atoms with Gasteiger partial charge in [-0.2, -0.15) is 13.2 Å². The third-order valence-electron chi connectivity index (χ3n) is 22.7. The Bertz CT molecular complexity index is 3180. The minimum Gasteiger partial charge on any atom is -0.342 e. The number of likely N-dealkylation sites (tertiary alicyclic amines) is 1. The van der Waals surface area contributed by atoms with Crippen molar-refractivity contribution in [1.82, 2.24) is 60.0 Å². The molecule has 5 heterocycles.